The summed E-state index contributed by atoms with van der Waals surface area (Å²) in [5.74, 6) is 0.733. The Morgan fingerprint density at radius 2 is 1.77 bits per heavy atom. The minimum Gasteiger partial charge on any atom is -0.496 e. The van der Waals surface area contributed by atoms with Crippen LogP contribution in [-0.4, -0.2) is 34.2 Å². The molecule has 0 aromatic heterocycles. The van der Waals surface area contributed by atoms with Crippen LogP contribution in [0.25, 0.3) is 0 Å². The van der Waals surface area contributed by atoms with Crippen molar-refractivity contribution in [3.8, 4) is 5.75 Å². The van der Waals surface area contributed by atoms with E-state index in [9.17, 15) is 26.4 Å². The monoisotopic (exact) mass is 514 g/mol. The summed E-state index contributed by atoms with van der Waals surface area (Å²) in [6.45, 7) is 7.78. The van der Waals surface area contributed by atoms with Crippen molar-refractivity contribution in [2.75, 3.05) is 24.2 Å². The SMILES string of the molecule is COc1cc(C)c(C(C)NC(=O)CCCN(c2cccc(C(F)(F)F)c2)S(C)(=O)=O)cc1C(C)C. The number of carbonyl (C=O) groups is 1. The van der Waals surface area contributed by atoms with E-state index in [1.807, 2.05) is 26.0 Å². The molecule has 0 radical (unpaired) electrons. The Bertz CT molecular complexity index is 1150. The molecule has 0 bridgehead atoms. The lowest BCUT2D eigenvalue weighted by Gasteiger charge is -2.24. The van der Waals surface area contributed by atoms with Crippen molar-refractivity contribution in [1.82, 2.24) is 5.32 Å². The van der Waals surface area contributed by atoms with Crippen molar-refractivity contribution in [2.45, 2.75) is 58.7 Å². The van der Waals surface area contributed by atoms with Gasteiger partial charge in [0.2, 0.25) is 15.9 Å². The van der Waals surface area contributed by atoms with Gasteiger partial charge in [0, 0.05) is 13.0 Å². The molecule has 0 aliphatic carbocycles. The highest BCUT2D eigenvalue weighted by Crippen LogP contribution is 2.33. The third-order valence-electron chi connectivity index (χ3n) is 5.71. The molecule has 35 heavy (non-hydrogen) atoms. The Morgan fingerprint density at radius 3 is 2.31 bits per heavy atom. The summed E-state index contributed by atoms with van der Waals surface area (Å²) in [6.07, 6.45) is -3.51. The molecule has 1 unspecified atom stereocenters. The normalized spacial score (nSPS) is 13.0. The van der Waals surface area contributed by atoms with Gasteiger partial charge in [0.25, 0.3) is 0 Å². The van der Waals surface area contributed by atoms with E-state index in [0.29, 0.717) is 0 Å². The number of nitrogens with one attached hydrogen (secondary N) is 1. The van der Waals surface area contributed by atoms with E-state index in [1.165, 1.54) is 6.07 Å². The van der Waals surface area contributed by atoms with Gasteiger partial charge < -0.3 is 10.1 Å². The van der Waals surface area contributed by atoms with E-state index in [2.05, 4.69) is 19.2 Å². The maximum atomic E-state index is 13.1. The van der Waals surface area contributed by atoms with Crippen molar-refractivity contribution in [1.29, 1.82) is 0 Å². The smallest absolute Gasteiger partial charge is 0.416 e. The van der Waals surface area contributed by atoms with Crippen LogP contribution < -0.4 is 14.4 Å². The van der Waals surface area contributed by atoms with Crippen molar-refractivity contribution < 1.29 is 31.1 Å². The zero-order chi connectivity index (χ0) is 26.6. The molecule has 0 saturated heterocycles. The van der Waals surface area contributed by atoms with Crippen LogP contribution in [0.2, 0.25) is 0 Å². The van der Waals surface area contributed by atoms with Gasteiger partial charge in [-0.3, -0.25) is 9.10 Å². The average Bonchev–Trinajstić information content (AvgIpc) is 2.74. The summed E-state index contributed by atoms with van der Waals surface area (Å²) < 4.78 is 70.0. The summed E-state index contributed by atoms with van der Waals surface area (Å²) in [5.41, 5.74) is 1.91. The maximum absolute atomic E-state index is 13.1. The molecule has 2 rings (SSSR count). The van der Waals surface area contributed by atoms with Gasteiger partial charge >= 0.3 is 6.18 Å². The minimum absolute atomic E-state index is 0.0154. The first-order valence-electron chi connectivity index (χ1n) is 11.3. The standard InChI is InChI=1S/C25H33F3N2O4S/c1-16(2)21-15-22(17(3)13-23(21)34-5)18(4)29-24(31)11-8-12-30(35(6,32)33)20-10-7-9-19(14-20)25(26,27)28/h7,9-10,13-16,18H,8,11-12H2,1-6H3,(H,29,31). The Hall–Kier alpha value is -2.75. The number of halogens is 3. The molecule has 2 aromatic carbocycles. The Balaban J connectivity index is 2.09. The van der Waals surface area contributed by atoms with Crippen LogP contribution in [-0.2, 0) is 21.0 Å². The Morgan fingerprint density at radius 1 is 1.11 bits per heavy atom. The van der Waals surface area contributed by atoms with Gasteiger partial charge in [-0.15, -0.1) is 0 Å². The van der Waals surface area contributed by atoms with Crippen LogP contribution >= 0.6 is 0 Å². The number of benzene rings is 2. The van der Waals surface area contributed by atoms with Crippen molar-refractivity contribution in [3.05, 3.63) is 58.7 Å². The van der Waals surface area contributed by atoms with Crippen molar-refractivity contribution in [3.63, 3.8) is 0 Å². The fraction of sp³-hybridized carbons (Fsp3) is 0.480. The van der Waals surface area contributed by atoms with Gasteiger partial charge in [0.15, 0.2) is 0 Å². The summed E-state index contributed by atoms with van der Waals surface area (Å²) in [7, 11) is -2.23. The van der Waals surface area contributed by atoms with E-state index in [0.717, 1.165) is 51.2 Å². The molecule has 0 heterocycles. The number of methoxy groups -OCH3 is 1. The number of ether oxygens (including phenoxy) is 1. The molecular formula is C25H33F3N2O4S. The topological polar surface area (TPSA) is 75.7 Å². The average molecular weight is 515 g/mol. The Kier molecular flexibility index (Phi) is 9.22. The number of nitrogens with zero attached hydrogens (tertiary/aromatic N) is 1. The molecule has 0 aliphatic heterocycles. The molecule has 0 fully saturated rings. The second-order valence-electron chi connectivity index (χ2n) is 8.88. The highest BCUT2D eigenvalue weighted by Gasteiger charge is 2.31. The lowest BCUT2D eigenvalue weighted by atomic mass is 9.93. The number of amides is 1. The zero-order valence-electron chi connectivity index (χ0n) is 20.9. The highest BCUT2D eigenvalue weighted by atomic mass is 32.2. The van der Waals surface area contributed by atoms with E-state index in [-0.39, 0.29) is 42.9 Å². The summed E-state index contributed by atoms with van der Waals surface area (Å²) in [4.78, 5) is 12.6. The highest BCUT2D eigenvalue weighted by molar-refractivity contribution is 7.92. The van der Waals surface area contributed by atoms with Crippen molar-refractivity contribution >= 4 is 21.6 Å². The van der Waals surface area contributed by atoms with Gasteiger partial charge in [0.1, 0.15) is 5.75 Å². The van der Waals surface area contributed by atoms with Gasteiger partial charge in [-0.05, 0) is 73.2 Å². The van der Waals surface area contributed by atoms with Crippen LogP contribution in [0, 0.1) is 6.92 Å². The number of hydrogen-bond acceptors (Lipinski definition) is 4. The first-order chi connectivity index (χ1) is 16.1. The maximum Gasteiger partial charge on any atom is 0.416 e. The lowest BCUT2D eigenvalue weighted by molar-refractivity contribution is -0.137. The molecule has 1 atom stereocenters. The molecule has 0 aliphatic rings. The molecular weight excluding hydrogens is 481 g/mol. The van der Waals surface area contributed by atoms with Crippen LogP contribution in [0.3, 0.4) is 0 Å². The number of sulfonamides is 1. The van der Waals surface area contributed by atoms with E-state index >= 15 is 0 Å². The number of rotatable bonds is 10. The van der Waals surface area contributed by atoms with Crippen LogP contribution in [0.5, 0.6) is 5.75 Å². The quantitative estimate of drug-likeness (QED) is 0.450. The molecule has 10 heteroatoms. The minimum atomic E-state index is -4.59. The first-order valence-corrected chi connectivity index (χ1v) is 13.1. The summed E-state index contributed by atoms with van der Waals surface area (Å²) in [6, 6.07) is 7.80. The summed E-state index contributed by atoms with van der Waals surface area (Å²) in [5, 5.41) is 2.93. The molecule has 2 aromatic rings. The predicted octanol–water partition coefficient (Wildman–Crippen LogP) is 5.57. The van der Waals surface area contributed by atoms with Gasteiger partial charge in [0.05, 0.1) is 30.7 Å². The molecule has 1 amide bonds. The number of carbonyl (C=O) groups excluding carboxylic acids is 1. The molecule has 0 saturated carbocycles. The van der Waals surface area contributed by atoms with Gasteiger partial charge in [-0.2, -0.15) is 13.2 Å². The fourth-order valence-corrected chi connectivity index (χ4v) is 4.87. The Labute approximate surface area is 205 Å². The van der Waals surface area contributed by atoms with Crippen LogP contribution in [0.1, 0.15) is 67.8 Å². The second-order valence-corrected chi connectivity index (χ2v) is 10.8. The molecule has 194 valence electrons. The number of aryl methyl sites for hydroxylation is 1. The summed E-state index contributed by atoms with van der Waals surface area (Å²) >= 11 is 0. The van der Waals surface area contributed by atoms with E-state index < -0.39 is 21.8 Å². The first kappa shape index (κ1) is 28.5. The second kappa shape index (κ2) is 11.3. The third-order valence-corrected chi connectivity index (χ3v) is 6.91. The van der Waals surface area contributed by atoms with Crippen molar-refractivity contribution in [2.24, 2.45) is 0 Å². The number of hydrogen-bond donors (Lipinski definition) is 1. The van der Waals surface area contributed by atoms with E-state index in [1.54, 1.807) is 7.11 Å². The predicted molar refractivity (Wildman–Crippen MR) is 131 cm³/mol. The van der Waals surface area contributed by atoms with E-state index in [4.69, 9.17) is 4.74 Å². The van der Waals surface area contributed by atoms with Crippen LogP contribution in [0.4, 0.5) is 18.9 Å². The number of alkyl halides is 3. The largest absolute Gasteiger partial charge is 0.496 e. The zero-order valence-corrected chi connectivity index (χ0v) is 21.7. The van der Waals surface area contributed by atoms with Gasteiger partial charge in [-0.25, -0.2) is 8.42 Å². The lowest BCUT2D eigenvalue weighted by Crippen LogP contribution is -2.33. The van der Waals surface area contributed by atoms with Crippen LogP contribution in [0.15, 0.2) is 36.4 Å². The molecule has 6 nitrogen and oxygen atoms in total. The molecule has 0 spiro atoms. The number of anilines is 1. The molecule has 1 N–H and O–H groups in total. The van der Waals surface area contributed by atoms with Gasteiger partial charge in [-0.1, -0.05) is 19.9 Å². The fourth-order valence-electron chi connectivity index (χ4n) is 3.91. The third kappa shape index (κ3) is 7.62.